The lowest BCUT2D eigenvalue weighted by atomic mass is 9.98. The van der Waals surface area contributed by atoms with Gasteiger partial charge in [0.05, 0.1) is 6.07 Å². The minimum Gasteiger partial charge on any atom is -0.325 e. The summed E-state index contributed by atoms with van der Waals surface area (Å²) in [6, 6.07) is 13.1. The number of nitrogens with zero attached hydrogens (tertiary/aromatic N) is 1. The minimum absolute atomic E-state index is 0.268. The zero-order valence-electron chi connectivity index (χ0n) is 11.2. The Kier molecular flexibility index (Phi) is 5.02. The maximum Gasteiger partial charge on any atom is 0.249 e. The molecule has 2 aromatic carbocycles. The first kappa shape index (κ1) is 15.9. The maximum atomic E-state index is 12.8. The fourth-order valence-corrected chi connectivity index (χ4v) is 2.03. The largest absolute Gasteiger partial charge is 0.325 e. The van der Waals surface area contributed by atoms with E-state index in [2.05, 4.69) is 21.2 Å². The molecule has 0 aliphatic carbocycles. The van der Waals surface area contributed by atoms with E-state index < -0.39 is 23.4 Å². The van der Waals surface area contributed by atoms with Crippen LogP contribution in [0, 0.1) is 23.1 Å². The van der Waals surface area contributed by atoms with E-state index in [0.29, 0.717) is 5.69 Å². The van der Waals surface area contributed by atoms with Gasteiger partial charge in [0.15, 0.2) is 11.7 Å². The molecule has 110 valence electrons. The van der Waals surface area contributed by atoms with E-state index in [4.69, 9.17) is 5.26 Å². The monoisotopic (exact) mass is 360 g/mol. The molecule has 1 N–H and O–H groups in total. The highest BCUT2D eigenvalue weighted by molar-refractivity contribution is 9.10. The molecule has 0 saturated heterocycles. The lowest BCUT2D eigenvalue weighted by molar-refractivity contribution is -0.117. The van der Waals surface area contributed by atoms with Crippen LogP contribution >= 0.6 is 15.9 Å². The van der Waals surface area contributed by atoms with Gasteiger partial charge in [0.25, 0.3) is 0 Å². The Morgan fingerprint density at radius 3 is 2.23 bits per heavy atom. The van der Waals surface area contributed by atoms with Crippen LogP contribution < -0.4 is 5.32 Å². The summed E-state index contributed by atoms with van der Waals surface area (Å²) in [6.07, 6.45) is 0. The standard InChI is InChI=1S/C16H10BrFN2O2/c17-11-3-1-10(2-4-11)15(21)14(9-19)16(22)20-13-7-5-12(18)6-8-13/h1-8,14H,(H,20,22). The first-order valence-corrected chi connectivity index (χ1v) is 7.06. The average molecular weight is 361 g/mol. The minimum atomic E-state index is -1.47. The van der Waals surface area contributed by atoms with Gasteiger partial charge in [-0.2, -0.15) is 5.26 Å². The van der Waals surface area contributed by atoms with E-state index in [1.165, 1.54) is 36.4 Å². The molecule has 22 heavy (non-hydrogen) atoms. The average Bonchev–Trinajstić information content (AvgIpc) is 2.51. The summed E-state index contributed by atoms with van der Waals surface area (Å²) in [7, 11) is 0. The number of hydrogen-bond donors (Lipinski definition) is 1. The van der Waals surface area contributed by atoms with Crippen LogP contribution in [0.1, 0.15) is 10.4 Å². The predicted octanol–water partition coefficient (Wildman–Crippen LogP) is 3.55. The smallest absolute Gasteiger partial charge is 0.249 e. The number of benzene rings is 2. The highest BCUT2D eigenvalue weighted by atomic mass is 79.9. The van der Waals surface area contributed by atoms with Crippen molar-refractivity contribution in [3.63, 3.8) is 0 Å². The Morgan fingerprint density at radius 2 is 1.68 bits per heavy atom. The first-order chi connectivity index (χ1) is 10.5. The van der Waals surface area contributed by atoms with Gasteiger partial charge < -0.3 is 5.32 Å². The van der Waals surface area contributed by atoms with Gasteiger partial charge in [0.1, 0.15) is 5.82 Å². The molecule has 2 rings (SSSR count). The second kappa shape index (κ2) is 6.96. The van der Waals surface area contributed by atoms with Gasteiger partial charge in [-0.1, -0.05) is 28.1 Å². The van der Waals surface area contributed by atoms with Gasteiger partial charge in [-0.05, 0) is 36.4 Å². The second-order valence-corrected chi connectivity index (χ2v) is 5.35. The molecule has 0 fully saturated rings. The lowest BCUT2D eigenvalue weighted by Gasteiger charge is -2.09. The third-order valence-corrected chi connectivity index (χ3v) is 3.42. The van der Waals surface area contributed by atoms with E-state index in [1.54, 1.807) is 18.2 Å². The number of nitrogens with one attached hydrogen (secondary N) is 1. The van der Waals surface area contributed by atoms with Crippen molar-refractivity contribution in [1.82, 2.24) is 0 Å². The Balaban J connectivity index is 2.15. The highest BCUT2D eigenvalue weighted by Gasteiger charge is 2.27. The Labute approximate surface area is 134 Å². The second-order valence-electron chi connectivity index (χ2n) is 4.43. The summed E-state index contributed by atoms with van der Waals surface area (Å²) in [4.78, 5) is 24.3. The van der Waals surface area contributed by atoms with Crippen molar-refractivity contribution in [2.24, 2.45) is 5.92 Å². The van der Waals surface area contributed by atoms with Crippen LogP contribution in [0.2, 0.25) is 0 Å². The van der Waals surface area contributed by atoms with Crippen molar-refractivity contribution in [2.75, 3.05) is 5.32 Å². The van der Waals surface area contributed by atoms with Crippen LogP contribution in [-0.4, -0.2) is 11.7 Å². The number of Topliss-reactive ketones (excluding diaryl/α,β-unsaturated/α-hetero) is 1. The first-order valence-electron chi connectivity index (χ1n) is 6.27. The SMILES string of the molecule is N#CC(C(=O)Nc1ccc(F)cc1)C(=O)c1ccc(Br)cc1. The van der Waals surface area contributed by atoms with Crippen LogP contribution in [0.15, 0.2) is 53.0 Å². The fraction of sp³-hybridized carbons (Fsp3) is 0.0625. The molecular weight excluding hydrogens is 351 g/mol. The van der Waals surface area contributed by atoms with Crippen molar-refractivity contribution in [1.29, 1.82) is 5.26 Å². The topological polar surface area (TPSA) is 70.0 Å². The number of halogens is 2. The van der Waals surface area contributed by atoms with Gasteiger partial charge >= 0.3 is 0 Å². The fourth-order valence-electron chi connectivity index (χ4n) is 1.76. The van der Waals surface area contributed by atoms with Crippen LogP contribution in [-0.2, 0) is 4.79 Å². The van der Waals surface area contributed by atoms with E-state index in [9.17, 15) is 14.0 Å². The normalized spacial score (nSPS) is 11.3. The Morgan fingerprint density at radius 1 is 1.09 bits per heavy atom. The van der Waals surface area contributed by atoms with Gasteiger partial charge in [-0.3, -0.25) is 9.59 Å². The molecule has 1 unspecified atom stereocenters. The van der Waals surface area contributed by atoms with E-state index in [1.807, 2.05) is 0 Å². The number of ketones is 1. The van der Waals surface area contributed by atoms with Crippen LogP contribution in [0.25, 0.3) is 0 Å². The molecule has 0 bridgehead atoms. The molecule has 1 amide bonds. The third kappa shape index (κ3) is 3.77. The number of amides is 1. The van der Waals surface area contributed by atoms with E-state index in [0.717, 1.165) is 4.47 Å². The molecule has 0 saturated carbocycles. The highest BCUT2D eigenvalue weighted by Crippen LogP contribution is 2.16. The van der Waals surface area contributed by atoms with E-state index in [-0.39, 0.29) is 5.56 Å². The van der Waals surface area contributed by atoms with Gasteiger partial charge in [0, 0.05) is 15.7 Å². The zero-order chi connectivity index (χ0) is 16.1. The number of rotatable bonds is 4. The molecule has 0 spiro atoms. The number of carbonyl (C=O) groups is 2. The lowest BCUT2D eigenvalue weighted by Crippen LogP contribution is -2.28. The maximum absolute atomic E-state index is 12.8. The van der Waals surface area contributed by atoms with Crippen molar-refractivity contribution in [3.8, 4) is 6.07 Å². The number of carbonyl (C=O) groups excluding carboxylic acids is 2. The van der Waals surface area contributed by atoms with Crippen molar-refractivity contribution >= 4 is 33.3 Å². The quantitative estimate of drug-likeness (QED) is 0.669. The van der Waals surface area contributed by atoms with Crippen LogP contribution in [0.4, 0.5) is 10.1 Å². The molecule has 4 nitrogen and oxygen atoms in total. The number of nitriles is 1. The summed E-state index contributed by atoms with van der Waals surface area (Å²) in [5.41, 5.74) is 0.583. The molecule has 0 aromatic heterocycles. The Bertz CT molecular complexity index is 736. The molecule has 2 aromatic rings. The third-order valence-electron chi connectivity index (χ3n) is 2.89. The zero-order valence-corrected chi connectivity index (χ0v) is 12.8. The van der Waals surface area contributed by atoms with E-state index >= 15 is 0 Å². The molecule has 6 heteroatoms. The molecule has 0 radical (unpaired) electrons. The number of anilines is 1. The predicted molar refractivity (Wildman–Crippen MR) is 82.6 cm³/mol. The van der Waals surface area contributed by atoms with Crippen LogP contribution in [0.5, 0.6) is 0 Å². The van der Waals surface area contributed by atoms with Crippen LogP contribution in [0.3, 0.4) is 0 Å². The number of hydrogen-bond acceptors (Lipinski definition) is 3. The van der Waals surface area contributed by atoms with Crippen molar-refractivity contribution in [2.45, 2.75) is 0 Å². The summed E-state index contributed by atoms with van der Waals surface area (Å²) in [5.74, 6) is -3.25. The van der Waals surface area contributed by atoms with Gasteiger partial charge in [0.2, 0.25) is 5.91 Å². The molecular formula is C16H10BrFN2O2. The summed E-state index contributed by atoms with van der Waals surface area (Å²) >= 11 is 3.24. The van der Waals surface area contributed by atoms with Crippen molar-refractivity contribution < 1.29 is 14.0 Å². The summed E-state index contributed by atoms with van der Waals surface area (Å²) in [6.45, 7) is 0. The van der Waals surface area contributed by atoms with Crippen molar-refractivity contribution in [3.05, 3.63) is 64.4 Å². The summed E-state index contributed by atoms with van der Waals surface area (Å²) < 4.78 is 13.6. The van der Waals surface area contributed by atoms with Gasteiger partial charge in [-0.15, -0.1) is 0 Å². The van der Waals surface area contributed by atoms with Gasteiger partial charge in [-0.25, -0.2) is 4.39 Å². The molecule has 1 atom stereocenters. The molecule has 0 aliphatic rings. The molecule has 0 heterocycles. The Hall–Kier alpha value is -2.52. The molecule has 0 aliphatic heterocycles. The summed E-state index contributed by atoms with van der Waals surface area (Å²) in [5, 5.41) is 11.5.